The van der Waals surface area contributed by atoms with Crippen LogP contribution in [0.15, 0.2) is 48.5 Å². The Bertz CT molecular complexity index is 835. The molecule has 0 radical (unpaired) electrons. The fourth-order valence-electron chi connectivity index (χ4n) is 3.64. The predicted molar refractivity (Wildman–Crippen MR) is 112 cm³/mol. The summed E-state index contributed by atoms with van der Waals surface area (Å²) >= 11 is 0. The van der Waals surface area contributed by atoms with Crippen LogP contribution >= 0.6 is 0 Å². The van der Waals surface area contributed by atoms with E-state index < -0.39 is 5.97 Å². The number of rotatable bonds is 8. The number of carboxylic acid groups (broad SMARTS) is 1. The van der Waals surface area contributed by atoms with Crippen LogP contribution in [0.4, 0.5) is 5.69 Å². The standard InChI is InChI=1S/C23H28N2O4/c1-17-8-11-19(12-9-17)29-21-7-3-2-6-20(21)24-22(26)16-25-14-4-5-18(15-25)10-13-23(27)28/h2-3,6-9,11-12,18H,4-5,10,13-16H2,1H3,(H,24,26)(H,27,28). The summed E-state index contributed by atoms with van der Waals surface area (Å²) in [7, 11) is 0. The van der Waals surface area contributed by atoms with Gasteiger partial charge in [-0.05, 0) is 62.9 Å². The van der Waals surface area contributed by atoms with Gasteiger partial charge in [0, 0.05) is 13.0 Å². The highest BCUT2D eigenvalue weighted by Gasteiger charge is 2.22. The van der Waals surface area contributed by atoms with Crippen LogP contribution in [0, 0.1) is 12.8 Å². The maximum atomic E-state index is 12.6. The van der Waals surface area contributed by atoms with Crippen LogP contribution in [-0.2, 0) is 9.59 Å². The number of nitrogens with zero attached hydrogens (tertiary/aromatic N) is 1. The Balaban J connectivity index is 1.56. The van der Waals surface area contributed by atoms with Crippen LogP contribution in [0.25, 0.3) is 0 Å². The zero-order valence-electron chi connectivity index (χ0n) is 16.8. The highest BCUT2D eigenvalue weighted by molar-refractivity contribution is 5.93. The molecule has 0 aliphatic carbocycles. The van der Waals surface area contributed by atoms with Crippen LogP contribution in [0.5, 0.6) is 11.5 Å². The van der Waals surface area contributed by atoms with Crippen molar-refractivity contribution in [2.75, 3.05) is 25.0 Å². The number of benzene rings is 2. The number of carbonyl (C=O) groups is 2. The topological polar surface area (TPSA) is 78.9 Å². The van der Waals surface area contributed by atoms with Crippen molar-refractivity contribution in [3.63, 3.8) is 0 Å². The number of aryl methyl sites for hydroxylation is 1. The molecule has 1 aliphatic rings. The molecule has 1 amide bonds. The molecule has 6 heteroatoms. The number of amides is 1. The number of anilines is 1. The lowest BCUT2D eigenvalue weighted by atomic mass is 9.93. The van der Waals surface area contributed by atoms with Gasteiger partial charge in [0.2, 0.25) is 5.91 Å². The van der Waals surface area contributed by atoms with Crippen molar-refractivity contribution in [1.29, 1.82) is 0 Å². The van der Waals surface area contributed by atoms with Gasteiger partial charge in [0.1, 0.15) is 5.75 Å². The highest BCUT2D eigenvalue weighted by atomic mass is 16.5. The molecule has 29 heavy (non-hydrogen) atoms. The van der Waals surface area contributed by atoms with E-state index in [9.17, 15) is 9.59 Å². The lowest BCUT2D eigenvalue weighted by molar-refractivity contribution is -0.137. The normalized spacial score (nSPS) is 16.9. The average Bonchev–Trinajstić information content (AvgIpc) is 2.70. The first-order valence-electron chi connectivity index (χ1n) is 10.1. The summed E-state index contributed by atoms with van der Waals surface area (Å²) in [4.78, 5) is 25.5. The third-order valence-electron chi connectivity index (χ3n) is 5.15. The Morgan fingerprint density at radius 1 is 1.17 bits per heavy atom. The smallest absolute Gasteiger partial charge is 0.303 e. The summed E-state index contributed by atoms with van der Waals surface area (Å²) in [6.45, 7) is 3.94. The van der Waals surface area contributed by atoms with E-state index in [1.54, 1.807) is 0 Å². The van der Waals surface area contributed by atoms with Gasteiger partial charge in [-0.2, -0.15) is 0 Å². The first-order chi connectivity index (χ1) is 14.0. The van der Waals surface area contributed by atoms with Crippen molar-refractivity contribution in [1.82, 2.24) is 4.90 Å². The predicted octanol–water partition coefficient (Wildman–Crippen LogP) is 4.30. The highest BCUT2D eigenvalue weighted by Crippen LogP contribution is 2.29. The maximum Gasteiger partial charge on any atom is 0.303 e. The monoisotopic (exact) mass is 396 g/mol. The largest absolute Gasteiger partial charge is 0.481 e. The van der Waals surface area contributed by atoms with Crippen molar-refractivity contribution < 1.29 is 19.4 Å². The Kier molecular flexibility index (Phi) is 7.25. The Labute approximate surface area is 171 Å². The number of carboxylic acids is 1. The number of nitrogens with one attached hydrogen (secondary N) is 1. The summed E-state index contributed by atoms with van der Waals surface area (Å²) in [5.41, 5.74) is 1.79. The Morgan fingerprint density at radius 2 is 1.93 bits per heavy atom. The van der Waals surface area contributed by atoms with Gasteiger partial charge in [0.15, 0.2) is 5.75 Å². The average molecular weight is 396 g/mol. The van der Waals surface area contributed by atoms with Gasteiger partial charge in [-0.25, -0.2) is 0 Å². The van der Waals surface area contributed by atoms with E-state index in [0.29, 0.717) is 30.3 Å². The van der Waals surface area contributed by atoms with Crippen LogP contribution in [0.2, 0.25) is 0 Å². The third kappa shape index (κ3) is 6.61. The minimum absolute atomic E-state index is 0.0937. The number of hydrogen-bond donors (Lipinski definition) is 2. The van der Waals surface area contributed by atoms with Gasteiger partial charge < -0.3 is 15.2 Å². The molecule has 2 aromatic carbocycles. The number of hydrogen-bond acceptors (Lipinski definition) is 4. The molecule has 0 aromatic heterocycles. The summed E-state index contributed by atoms with van der Waals surface area (Å²) in [6, 6.07) is 15.2. The zero-order valence-corrected chi connectivity index (χ0v) is 16.8. The number of ether oxygens (including phenoxy) is 1. The SMILES string of the molecule is Cc1ccc(Oc2ccccc2NC(=O)CN2CCCC(CCC(=O)O)C2)cc1. The summed E-state index contributed by atoms with van der Waals surface area (Å²) < 4.78 is 5.94. The molecule has 1 aliphatic heterocycles. The number of likely N-dealkylation sites (tertiary alicyclic amines) is 1. The molecule has 154 valence electrons. The molecule has 2 N–H and O–H groups in total. The number of carbonyl (C=O) groups excluding carboxylic acids is 1. The Hall–Kier alpha value is -2.86. The molecule has 1 unspecified atom stereocenters. The van der Waals surface area contributed by atoms with Crippen LogP contribution in [-0.4, -0.2) is 41.5 Å². The summed E-state index contributed by atoms with van der Waals surface area (Å²) in [5, 5.41) is 11.8. The van der Waals surface area contributed by atoms with Crippen LogP contribution in [0.1, 0.15) is 31.2 Å². The Morgan fingerprint density at radius 3 is 2.69 bits per heavy atom. The lowest BCUT2D eigenvalue weighted by Gasteiger charge is -2.32. The van der Waals surface area contributed by atoms with Crippen LogP contribution in [0.3, 0.4) is 0 Å². The molecule has 2 aromatic rings. The maximum absolute atomic E-state index is 12.6. The van der Waals surface area contributed by atoms with E-state index in [1.807, 2.05) is 55.5 Å². The van der Waals surface area contributed by atoms with E-state index in [4.69, 9.17) is 9.84 Å². The van der Waals surface area contributed by atoms with Gasteiger partial charge in [0.05, 0.1) is 12.2 Å². The van der Waals surface area contributed by atoms with Crippen molar-refractivity contribution >= 4 is 17.6 Å². The van der Waals surface area contributed by atoms with E-state index in [2.05, 4.69) is 10.2 Å². The van der Waals surface area contributed by atoms with Crippen LogP contribution < -0.4 is 10.1 Å². The van der Waals surface area contributed by atoms with Gasteiger partial charge >= 0.3 is 5.97 Å². The lowest BCUT2D eigenvalue weighted by Crippen LogP contribution is -2.40. The molecule has 0 saturated carbocycles. The molecule has 1 fully saturated rings. The van der Waals surface area contributed by atoms with E-state index >= 15 is 0 Å². The molecule has 3 rings (SSSR count). The molecular weight excluding hydrogens is 368 g/mol. The molecule has 6 nitrogen and oxygen atoms in total. The van der Waals surface area contributed by atoms with Crippen molar-refractivity contribution in [3.05, 3.63) is 54.1 Å². The minimum atomic E-state index is -0.759. The molecule has 0 bridgehead atoms. The molecule has 1 atom stereocenters. The molecule has 1 heterocycles. The second kappa shape index (κ2) is 10.1. The van der Waals surface area contributed by atoms with Crippen molar-refractivity contribution in [2.24, 2.45) is 5.92 Å². The van der Waals surface area contributed by atoms with Gasteiger partial charge in [-0.1, -0.05) is 29.8 Å². The number of aliphatic carboxylic acids is 1. The van der Waals surface area contributed by atoms with Gasteiger partial charge in [0.25, 0.3) is 0 Å². The minimum Gasteiger partial charge on any atom is -0.481 e. The van der Waals surface area contributed by atoms with E-state index in [0.717, 1.165) is 37.2 Å². The number of para-hydroxylation sites is 2. The van der Waals surface area contributed by atoms with Crippen molar-refractivity contribution in [3.8, 4) is 11.5 Å². The number of piperidine rings is 1. The van der Waals surface area contributed by atoms with Gasteiger partial charge in [-0.15, -0.1) is 0 Å². The molecule has 1 saturated heterocycles. The van der Waals surface area contributed by atoms with Gasteiger partial charge in [-0.3, -0.25) is 14.5 Å². The first-order valence-corrected chi connectivity index (χ1v) is 10.1. The fourth-order valence-corrected chi connectivity index (χ4v) is 3.64. The first kappa shape index (κ1) is 20.9. The fraction of sp³-hybridized carbons (Fsp3) is 0.391. The zero-order chi connectivity index (χ0) is 20.6. The van der Waals surface area contributed by atoms with E-state index in [1.165, 1.54) is 0 Å². The quantitative estimate of drug-likeness (QED) is 0.695. The third-order valence-corrected chi connectivity index (χ3v) is 5.15. The van der Waals surface area contributed by atoms with E-state index in [-0.39, 0.29) is 12.3 Å². The van der Waals surface area contributed by atoms with Crippen molar-refractivity contribution in [2.45, 2.75) is 32.6 Å². The molecular formula is C23H28N2O4. The molecule has 0 spiro atoms. The second-order valence-corrected chi connectivity index (χ2v) is 7.64. The second-order valence-electron chi connectivity index (χ2n) is 7.64. The summed E-state index contributed by atoms with van der Waals surface area (Å²) in [5.74, 6) is 0.802. The summed E-state index contributed by atoms with van der Waals surface area (Å²) in [6.07, 6.45) is 2.87.